The van der Waals surface area contributed by atoms with E-state index in [-0.39, 0.29) is 31.5 Å². The van der Waals surface area contributed by atoms with Gasteiger partial charge in [0.05, 0.1) is 19.6 Å². The van der Waals surface area contributed by atoms with Gasteiger partial charge in [0, 0.05) is 5.92 Å². The van der Waals surface area contributed by atoms with E-state index < -0.39 is 5.60 Å². The SMILES string of the molecule is O=C(CC1(O)COC1)OCC1c2ccccc2-c2ccccc21. The van der Waals surface area contributed by atoms with Gasteiger partial charge in [-0.2, -0.15) is 0 Å². The van der Waals surface area contributed by atoms with Gasteiger partial charge in [-0.1, -0.05) is 48.5 Å². The van der Waals surface area contributed by atoms with Crippen molar-refractivity contribution in [3.63, 3.8) is 0 Å². The monoisotopic (exact) mass is 310 g/mol. The number of ether oxygens (including phenoxy) is 2. The van der Waals surface area contributed by atoms with Crippen molar-refractivity contribution < 1.29 is 19.4 Å². The van der Waals surface area contributed by atoms with E-state index in [0.717, 1.165) is 0 Å². The van der Waals surface area contributed by atoms with E-state index in [9.17, 15) is 9.90 Å². The van der Waals surface area contributed by atoms with E-state index in [2.05, 4.69) is 24.3 Å². The number of carbonyl (C=O) groups excluding carboxylic acids is 1. The van der Waals surface area contributed by atoms with Crippen molar-refractivity contribution in [1.82, 2.24) is 0 Å². The molecule has 1 saturated heterocycles. The van der Waals surface area contributed by atoms with Crippen molar-refractivity contribution in [1.29, 1.82) is 0 Å². The number of benzene rings is 2. The van der Waals surface area contributed by atoms with E-state index >= 15 is 0 Å². The van der Waals surface area contributed by atoms with E-state index in [4.69, 9.17) is 9.47 Å². The summed E-state index contributed by atoms with van der Waals surface area (Å²) in [6, 6.07) is 16.4. The molecule has 4 heteroatoms. The Hall–Kier alpha value is -2.17. The average molecular weight is 310 g/mol. The Kier molecular flexibility index (Phi) is 3.43. The molecule has 0 saturated carbocycles. The lowest BCUT2D eigenvalue weighted by Crippen LogP contribution is -2.51. The van der Waals surface area contributed by atoms with Gasteiger partial charge in [-0.25, -0.2) is 0 Å². The molecule has 0 bridgehead atoms. The summed E-state index contributed by atoms with van der Waals surface area (Å²) in [6.07, 6.45) is -0.0109. The van der Waals surface area contributed by atoms with Gasteiger partial charge in [-0.3, -0.25) is 4.79 Å². The second kappa shape index (κ2) is 5.48. The lowest BCUT2D eigenvalue weighted by atomic mass is 9.97. The molecular weight excluding hydrogens is 292 g/mol. The molecule has 1 aliphatic heterocycles. The number of fused-ring (bicyclic) bond motifs is 3. The Balaban J connectivity index is 1.51. The molecule has 2 aromatic rings. The number of hydrogen-bond donors (Lipinski definition) is 1. The molecule has 1 aliphatic carbocycles. The minimum absolute atomic E-state index is 0.0109. The zero-order chi connectivity index (χ0) is 15.9. The molecule has 2 aliphatic rings. The minimum Gasteiger partial charge on any atom is -0.465 e. The molecule has 0 radical (unpaired) electrons. The molecule has 1 fully saturated rings. The van der Waals surface area contributed by atoms with Crippen molar-refractivity contribution in [2.75, 3.05) is 19.8 Å². The van der Waals surface area contributed by atoms with Crippen LogP contribution in [-0.4, -0.2) is 36.5 Å². The fourth-order valence-electron chi connectivity index (χ4n) is 3.38. The van der Waals surface area contributed by atoms with Gasteiger partial charge in [0.25, 0.3) is 0 Å². The van der Waals surface area contributed by atoms with Crippen LogP contribution >= 0.6 is 0 Å². The summed E-state index contributed by atoms with van der Waals surface area (Å²) >= 11 is 0. The summed E-state index contributed by atoms with van der Waals surface area (Å²) in [5.74, 6) is -0.323. The van der Waals surface area contributed by atoms with Gasteiger partial charge in [-0.15, -0.1) is 0 Å². The molecule has 23 heavy (non-hydrogen) atoms. The van der Waals surface area contributed by atoms with Crippen LogP contribution in [-0.2, 0) is 14.3 Å². The smallest absolute Gasteiger partial charge is 0.308 e. The molecule has 0 unspecified atom stereocenters. The second-order valence-corrected chi connectivity index (χ2v) is 6.30. The molecule has 2 aromatic carbocycles. The quantitative estimate of drug-likeness (QED) is 0.882. The average Bonchev–Trinajstić information content (AvgIpc) is 2.86. The van der Waals surface area contributed by atoms with Crippen LogP contribution in [0.2, 0.25) is 0 Å². The Morgan fingerprint density at radius 1 is 1.09 bits per heavy atom. The first-order valence-corrected chi connectivity index (χ1v) is 7.80. The summed E-state index contributed by atoms with van der Waals surface area (Å²) in [5.41, 5.74) is 3.74. The Morgan fingerprint density at radius 3 is 2.17 bits per heavy atom. The highest BCUT2D eigenvalue weighted by Crippen LogP contribution is 2.44. The molecular formula is C19H18O4. The molecule has 0 atom stereocenters. The molecule has 4 rings (SSSR count). The van der Waals surface area contributed by atoms with Crippen LogP contribution in [0, 0.1) is 0 Å². The molecule has 0 amide bonds. The van der Waals surface area contributed by atoms with Crippen molar-refractivity contribution in [2.45, 2.75) is 17.9 Å². The summed E-state index contributed by atoms with van der Waals surface area (Å²) in [6.45, 7) is 0.707. The lowest BCUT2D eigenvalue weighted by Gasteiger charge is -2.35. The normalized spacial score (nSPS) is 18.0. The number of carbonyl (C=O) groups is 1. The van der Waals surface area contributed by atoms with E-state index in [1.807, 2.05) is 24.3 Å². The van der Waals surface area contributed by atoms with Crippen LogP contribution < -0.4 is 0 Å². The molecule has 0 spiro atoms. The van der Waals surface area contributed by atoms with Crippen molar-refractivity contribution in [2.24, 2.45) is 0 Å². The summed E-state index contributed by atoms with van der Waals surface area (Å²) in [5, 5.41) is 9.96. The van der Waals surface area contributed by atoms with E-state index in [0.29, 0.717) is 6.61 Å². The summed E-state index contributed by atoms with van der Waals surface area (Å²) in [4.78, 5) is 12.0. The largest absolute Gasteiger partial charge is 0.465 e. The van der Waals surface area contributed by atoms with Crippen LogP contribution in [0.25, 0.3) is 11.1 Å². The zero-order valence-electron chi connectivity index (χ0n) is 12.7. The highest BCUT2D eigenvalue weighted by atomic mass is 16.6. The second-order valence-electron chi connectivity index (χ2n) is 6.30. The molecule has 1 heterocycles. The summed E-state index contributed by atoms with van der Waals surface area (Å²) in [7, 11) is 0. The van der Waals surface area contributed by atoms with Gasteiger partial charge >= 0.3 is 5.97 Å². The first-order chi connectivity index (χ1) is 11.2. The molecule has 1 N–H and O–H groups in total. The van der Waals surface area contributed by atoms with Crippen molar-refractivity contribution in [3.05, 3.63) is 59.7 Å². The molecule has 118 valence electrons. The molecule has 0 aromatic heterocycles. The maximum atomic E-state index is 12.0. The number of rotatable bonds is 4. The summed E-state index contributed by atoms with van der Waals surface area (Å²) < 4.78 is 10.4. The Bertz CT molecular complexity index is 703. The van der Waals surface area contributed by atoms with Gasteiger partial charge < -0.3 is 14.6 Å². The third kappa shape index (κ3) is 2.54. The fraction of sp³-hybridized carbons (Fsp3) is 0.316. The van der Waals surface area contributed by atoms with Crippen LogP contribution in [0.3, 0.4) is 0 Å². The van der Waals surface area contributed by atoms with Crippen LogP contribution in [0.15, 0.2) is 48.5 Å². The predicted molar refractivity (Wildman–Crippen MR) is 85.1 cm³/mol. The predicted octanol–water partition coefficient (Wildman–Crippen LogP) is 2.49. The maximum Gasteiger partial charge on any atom is 0.308 e. The minimum atomic E-state index is -1.04. The van der Waals surface area contributed by atoms with Crippen LogP contribution in [0.4, 0.5) is 0 Å². The highest BCUT2D eigenvalue weighted by Gasteiger charge is 2.39. The third-order valence-electron chi connectivity index (χ3n) is 4.59. The van der Waals surface area contributed by atoms with E-state index in [1.54, 1.807) is 0 Å². The van der Waals surface area contributed by atoms with Gasteiger partial charge in [0.1, 0.15) is 12.2 Å². The van der Waals surface area contributed by atoms with Crippen molar-refractivity contribution >= 4 is 5.97 Å². The molecule has 4 nitrogen and oxygen atoms in total. The first-order valence-electron chi connectivity index (χ1n) is 7.80. The standard InChI is InChI=1S/C19H18O4/c20-18(9-19(21)11-22-12-19)23-10-17-15-7-3-1-5-13(15)14-6-2-4-8-16(14)17/h1-8,17,21H,9-12H2. The van der Waals surface area contributed by atoms with Gasteiger partial charge in [0.2, 0.25) is 0 Å². The van der Waals surface area contributed by atoms with Crippen molar-refractivity contribution in [3.8, 4) is 11.1 Å². The Morgan fingerprint density at radius 2 is 1.65 bits per heavy atom. The Labute approximate surface area is 134 Å². The van der Waals surface area contributed by atoms with Crippen LogP contribution in [0.5, 0.6) is 0 Å². The van der Waals surface area contributed by atoms with E-state index in [1.165, 1.54) is 22.3 Å². The number of aliphatic hydroxyl groups is 1. The van der Waals surface area contributed by atoms with Crippen LogP contribution in [0.1, 0.15) is 23.5 Å². The number of hydrogen-bond acceptors (Lipinski definition) is 4. The topological polar surface area (TPSA) is 55.8 Å². The highest BCUT2D eigenvalue weighted by molar-refractivity contribution is 5.79. The van der Waals surface area contributed by atoms with Gasteiger partial charge in [-0.05, 0) is 22.3 Å². The third-order valence-corrected chi connectivity index (χ3v) is 4.59. The number of esters is 1. The fourth-order valence-corrected chi connectivity index (χ4v) is 3.38. The first kappa shape index (κ1) is 14.4. The van der Waals surface area contributed by atoms with Gasteiger partial charge in [0.15, 0.2) is 0 Å². The lowest BCUT2D eigenvalue weighted by molar-refractivity contribution is -0.192. The maximum absolute atomic E-state index is 12.0. The zero-order valence-corrected chi connectivity index (χ0v) is 12.7.